The minimum atomic E-state index is -1.01. The predicted molar refractivity (Wildman–Crippen MR) is 176 cm³/mol. The van der Waals surface area contributed by atoms with Crippen LogP contribution in [-0.2, 0) is 19.1 Å². The van der Waals surface area contributed by atoms with Gasteiger partial charge in [0.1, 0.15) is 19.3 Å². The van der Waals surface area contributed by atoms with Crippen molar-refractivity contribution in [1.82, 2.24) is 0 Å². The second-order valence-electron chi connectivity index (χ2n) is 12.8. The van der Waals surface area contributed by atoms with Crippen LogP contribution in [0.1, 0.15) is 168 Å². The molecule has 0 rings (SSSR count). The van der Waals surface area contributed by atoms with Crippen LogP contribution < -0.4 is 0 Å². The van der Waals surface area contributed by atoms with Crippen molar-refractivity contribution in [1.29, 1.82) is 0 Å². The molecule has 0 aromatic rings. The lowest BCUT2D eigenvalue weighted by Crippen LogP contribution is -2.25. The van der Waals surface area contributed by atoms with E-state index in [0.29, 0.717) is 25.7 Å². The van der Waals surface area contributed by atoms with Gasteiger partial charge in [-0.25, -0.2) is 0 Å². The van der Waals surface area contributed by atoms with Gasteiger partial charge in [-0.3, -0.25) is 9.59 Å². The van der Waals surface area contributed by atoms with Crippen LogP contribution >= 0.6 is 0 Å². The largest absolute Gasteiger partial charge is 0.463 e. The highest BCUT2D eigenvalue weighted by Gasteiger charge is 2.14. The number of ether oxygens (including phenoxy) is 2. The number of hydrogen-bond acceptors (Lipinski definition) is 7. The Kier molecular flexibility index (Phi) is 29.6. The Morgan fingerprint density at radius 3 is 1.53 bits per heavy atom. The lowest BCUT2D eigenvalue weighted by Gasteiger charge is -2.16. The van der Waals surface area contributed by atoms with Crippen LogP contribution in [-0.4, -0.2) is 58.8 Å². The zero-order valence-corrected chi connectivity index (χ0v) is 28.1. The predicted octanol–water partition coefficient (Wildman–Crippen LogP) is 8.36. The Morgan fingerprint density at radius 1 is 0.581 bits per heavy atom. The summed E-state index contributed by atoms with van der Waals surface area (Å²) in [6.45, 7) is 6.41. The van der Waals surface area contributed by atoms with Crippen LogP contribution in [0.3, 0.4) is 0 Å². The van der Waals surface area contributed by atoms with Gasteiger partial charge in [0.05, 0.1) is 12.2 Å². The smallest absolute Gasteiger partial charge is 0.305 e. The van der Waals surface area contributed by atoms with Crippen LogP contribution in [0.5, 0.6) is 0 Å². The van der Waals surface area contributed by atoms with Gasteiger partial charge in [0.2, 0.25) is 0 Å². The molecule has 0 amide bonds. The van der Waals surface area contributed by atoms with Crippen molar-refractivity contribution in [3.8, 4) is 0 Å². The first-order valence-electron chi connectivity index (χ1n) is 17.8. The molecule has 254 valence electrons. The highest BCUT2D eigenvalue weighted by atomic mass is 16.6. The summed E-state index contributed by atoms with van der Waals surface area (Å²) in [6.07, 6.45) is 24.4. The van der Waals surface area contributed by atoms with Crippen molar-refractivity contribution in [3.63, 3.8) is 0 Å². The van der Waals surface area contributed by atoms with Crippen molar-refractivity contribution in [2.24, 2.45) is 5.92 Å². The first-order chi connectivity index (χ1) is 20.8. The summed E-state index contributed by atoms with van der Waals surface area (Å²) in [5.41, 5.74) is 0. The Balaban J connectivity index is 3.58. The zero-order chi connectivity index (χ0) is 32.0. The van der Waals surface area contributed by atoms with Crippen LogP contribution in [0.2, 0.25) is 0 Å². The molecule has 3 N–H and O–H groups in total. The second-order valence-corrected chi connectivity index (χ2v) is 12.8. The van der Waals surface area contributed by atoms with Crippen LogP contribution in [0, 0.1) is 5.92 Å². The molecule has 0 saturated heterocycles. The average Bonchev–Trinajstić information content (AvgIpc) is 2.98. The van der Waals surface area contributed by atoms with E-state index in [1.807, 2.05) is 6.08 Å². The number of carbonyl (C=O) groups is 2. The molecule has 0 aliphatic heterocycles. The van der Waals surface area contributed by atoms with E-state index in [1.165, 1.54) is 64.2 Å². The van der Waals surface area contributed by atoms with E-state index in [2.05, 4.69) is 26.8 Å². The third-order valence-electron chi connectivity index (χ3n) is 7.88. The molecule has 7 heteroatoms. The molecule has 0 aromatic heterocycles. The maximum absolute atomic E-state index is 11.9. The average molecular weight is 613 g/mol. The topological polar surface area (TPSA) is 113 Å². The van der Waals surface area contributed by atoms with E-state index < -0.39 is 18.3 Å². The number of allylic oxidation sites excluding steroid dienone is 1. The summed E-state index contributed by atoms with van der Waals surface area (Å²) in [6, 6.07) is 0. The van der Waals surface area contributed by atoms with Crippen molar-refractivity contribution >= 4 is 11.9 Å². The fraction of sp³-hybridized carbons (Fsp3) is 0.889. The number of hydrogen-bond donors (Lipinski definition) is 3. The van der Waals surface area contributed by atoms with Gasteiger partial charge in [-0.15, -0.1) is 0 Å². The van der Waals surface area contributed by atoms with E-state index >= 15 is 0 Å². The van der Waals surface area contributed by atoms with Gasteiger partial charge in [-0.1, -0.05) is 129 Å². The molecule has 3 atom stereocenters. The molecule has 0 heterocycles. The number of esters is 2. The quantitative estimate of drug-likeness (QED) is 0.0409. The fourth-order valence-electron chi connectivity index (χ4n) is 5.00. The van der Waals surface area contributed by atoms with Crippen molar-refractivity contribution in [2.45, 2.75) is 187 Å². The third kappa shape index (κ3) is 30.4. The summed E-state index contributed by atoms with van der Waals surface area (Å²) in [4.78, 5) is 23.8. The van der Waals surface area contributed by atoms with Crippen LogP contribution in [0.4, 0.5) is 0 Å². The highest BCUT2D eigenvalue weighted by Crippen LogP contribution is 2.15. The minimum absolute atomic E-state index is 0.154. The molecule has 0 saturated carbocycles. The SMILES string of the molecule is CCCCC/C=C\C[C@@H](O)[C@H](O)CCCCCCCC(=O)OC[C@@H](O)COC(=O)CCCCCCCCCCCC(C)C. The van der Waals surface area contributed by atoms with Crippen molar-refractivity contribution < 1.29 is 34.4 Å². The number of aliphatic hydroxyl groups excluding tert-OH is 3. The van der Waals surface area contributed by atoms with Gasteiger partial charge in [-0.05, 0) is 44.4 Å². The lowest BCUT2D eigenvalue weighted by atomic mass is 10.0. The molecular formula is C36H68O7. The second kappa shape index (κ2) is 30.6. The molecule has 0 fully saturated rings. The van der Waals surface area contributed by atoms with E-state index in [1.54, 1.807) is 0 Å². The Morgan fingerprint density at radius 2 is 1.05 bits per heavy atom. The number of carbonyl (C=O) groups excluding carboxylic acids is 2. The van der Waals surface area contributed by atoms with Gasteiger partial charge in [0, 0.05) is 12.8 Å². The zero-order valence-electron chi connectivity index (χ0n) is 28.1. The molecule has 0 aliphatic rings. The molecule has 0 unspecified atom stereocenters. The first-order valence-corrected chi connectivity index (χ1v) is 17.8. The first kappa shape index (κ1) is 41.6. The molecule has 7 nitrogen and oxygen atoms in total. The number of aliphatic hydroxyl groups is 3. The molecule has 0 spiro atoms. The normalized spacial score (nSPS) is 13.8. The van der Waals surface area contributed by atoms with E-state index in [4.69, 9.17) is 9.47 Å². The Labute approximate surface area is 264 Å². The van der Waals surface area contributed by atoms with E-state index in [0.717, 1.165) is 57.3 Å². The van der Waals surface area contributed by atoms with Crippen LogP contribution in [0.15, 0.2) is 12.2 Å². The van der Waals surface area contributed by atoms with Gasteiger partial charge < -0.3 is 24.8 Å². The maximum Gasteiger partial charge on any atom is 0.305 e. The number of rotatable bonds is 31. The monoisotopic (exact) mass is 612 g/mol. The summed E-state index contributed by atoms with van der Waals surface area (Å²) in [5, 5.41) is 30.2. The fourth-order valence-corrected chi connectivity index (χ4v) is 5.00. The molecule has 43 heavy (non-hydrogen) atoms. The Hall–Kier alpha value is -1.44. The van der Waals surface area contributed by atoms with Gasteiger partial charge >= 0.3 is 11.9 Å². The summed E-state index contributed by atoms with van der Waals surface area (Å²) in [7, 11) is 0. The highest BCUT2D eigenvalue weighted by molar-refractivity contribution is 5.69. The molecule has 0 radical (unpaired) electrons. The van der Waals surface area contributed by atoms with Crippen molar-refractivity contribution in [2.75, 3.05) is 13.2 Å². The molecule has 0 aliphatic carbocycles. The molecule has 0 bridgehead atoms. The number of unbranched alkanes of at least 4 members (excludes halogenated alkanes) is 15. The van der Waals surface area contributed by atoms with E-state index in [-0.39, 0.29) is 31.6 Å². The lowest BCUT2D eigenvalue weighted by molar-refractivity contribution is -0.152. The van der Waals surface area contributed by atoms with E-state index in [9.17, 15) is 24.9 Å². The summed E-state index contributed by atoms with van der Waals surface area (Å²) in [5.74, 6) is 0.136. The maximum atomic E-state index is 11.9. The minimum Gasteiger partial charge on any atom is -0.463 e. The van der Waals surface area contributed by atoms with Gasteiger partial charge in [0.25, 0.3) is 0 Å². The summed E-state index contributed by atoms with van der Waals surface area (Å²) >= 11 is 0. The van der Waals surface area contributed by atoms with Crippen molar-refractivity contribution in [3.05, 3.63) is 12.2 Å². The van der Waals surface area contributed by atoms with Gasteiger partial charge in [-0.2, -0.15) is 0 Å². The molecule has 0 aromatic carbocycles. The standard InChI is InChI=1S/C36H68O7/c1-4-5-6-7-15-20-25-33(38)34(39)26-21-16-13-18-23-28-36(41)43-30-32(37)29-42-35(40)27-22-17-12-10-8-9-11-14-19-24-31(2)3/h15,20,31-34,37-39H,4-14,16-19,21-30H2,1-3H3/b20-15-/t32-,33+,34+/m0/s1. The Bertz CT molecular complexity index is 664. The van der Waals surface area contributed by atoms with Crippen LogP contribution in [0.25, 0.3) is 0 Å². The van der Waals surface area contributed by atoms with Gasteiger partial charge in [0.15, 0.2) is 0 Å². The molecular weight excluding hydrogens is 544 g/mol. The summed E-state index contributed by atoms with van der Waals surface area (Å²) < 4.78 is 10.2. The third-order valence-corrected chi connectivity index (χ3v) is 7.88.